The first-order valence-electron chi connectivity index (χ1n) is 4.30. The summed E-state index contributed by atoms with van der Waals surface area (Å²) in [5.74, 6) is -0.0805. The van der Waals surface area contributed by atoms with Crippen molar-refractivity contribution in [1.82, 2.24) is 0 Å². The summed E-state index contributed by atoms with van der Waals surface area (Å²) in [6.07, 6.45) is 3.54. The van der Waals surface area contributed by atoms with Crippen LogP contribution in [-0.4, -0.2) is 12.2 Å². The van der Waals surface area contributed by atoms with Gasteiger partial charge >= 0.3 is 0 Å². The second-order valence-corrected chi connectivity index (χ2v) is 3.87. The van der Waals surface area contributed by atoms with E-state index in [1.165, 1.54) is 0 Å². The van der Waals surface area contributed by atoms with Gasteiger partial charge in [-0.1, -0.05) is 18.2 Å². The summed E-state index contributed by atoms with van der Waals surface area (Å²) in [5, 5.41) is 2.78. The molecule has 0 unspecified atom stereocenters. The van der Waals surface area contributed by atoms with E-state index in [0.717, 1.165) is 10.6 Å². The maximum Gasteiger partial charge on any atom is 0.249 e. The third kappa shape index (κ3) is 3.66. The normalized spacial score (nSPS) is 11.1. The van der Waals surface area contributed by atoms with Gasteiger partial charge in [-0.15, -0.1) is 11.8 Å². The van der Waals surface area contributed by atoms with Gasteiger partial charge < -0.3 is 5.32 Å². The molecule has 14 heavy (non-hydrogen) atoms. The minimum atomic E-state index is -0.0805. The Bertz CT molecular complexity index is 332. The molecule has 2 nitrogen and oxygen atoms in total. The van der Waals surface area contributed by atoms with Crippen molar-refractivity contribution in [2.45, 2.75) is 6.92 Å². The van der Waals surface area contributed by atoms with Crippen LogP contribution in [-0.2, 0) is 4.79 Å². The Kier molecular flexibility index (Phi) is 4.26. The van der Waals surface area contributed by atoms with Crippen LogP contribution in [0, 0.1) is 0 Å². The summed E-state index contributed by atoms with van der Waals surface area (Å²) >= 11 is 1.56. The number of rotatable bonds is 3. The highest BCUT2D eigenvalue weighted by atomic mass is 32.2. The van der Waals surface area contributed by atoms with Crippen LogP contribution in [0.2, 0.25) is 0 Å². The van der Waals surface area contributed by atoms with Gasteiger partial charge in [-0.2, -0.15) is 0 Å². The predicted octanol–water partition coefficient (Wildman–Crippen LogP) is 2.89. The maximum atomic E-state index is 11.4. The molecule has 0 saturated carbocycles. The van der Waals surface area contributed by atoms with Crippen molar-refractivity contribution >= 4 is 23.4 Å². The Hall–Kier alpha value is -1.22. The van der Waals surface area contributed by atoms with Gasteiger partial charge in [-0.3, -0.25) is 4.79 Å². The fraction of sp³-hybridized carbons (Fsp3) is 0.182. The Balaban J connectivity index is 2.58. The lowest BCUT2D eigenvalue weighted by molar-refractivity contribution is -0.111. The molecule has 0 aliphatic heterocycles. The van der Waals surface area contributed by atoms with Gasteiger partial charge in [0.2, 0.25) is 5.91 Å². The molecule has 0 radical (unpaired) electrons. The number of benzene rings is 1. The number of hydrogen-bond acceptors (Lipinski definition) is 2. The van der Waals surface area contributed by atoms with Crippen molar-refractivity contribution in [1.29, 1.82) is 0 Å². The third-order valence-corrected chi connectivity index (χ3v) is 2.46. The SMILES string of the molecule is CS/C(C)=C\C(=O)Nc1ccccc1. The van der Waals surface area contributed by atoms with Crippen molar-refractivity contribution in [3.63, 3.8) is 0 Å². The Labute approximate surface area is 88.4 Å². The molecule has 1 N–H and O–H groups in total. The van der Waals surface area contributed by atoms with E-state index in [-0.39, 0.29) is 5.91 Å². The van der Waals surface area contributed by atoms with Crippen LogP contribution >= 0.6 is 11.8 Å². The topological polar surface area (TPSA) is 29.1 Å². The number of anilines is 1. The lowest BCUT2D eigenvalue weighted by Crippen LogP contribution is -2.07. The van der Waals surface area contributed by atoms with Crippen molar-refractivity contribution in [3.05, 3.63) is 41.3 Å². The van der Waals surface area contributed by atoms with Gasteiger partial charge in [0.05, 0.1) is 0 Å². The van der Waals surface area contributed by atoms with Gasteiger partial charge in [0.1, 0.15) is 0 Å². The highest BCUT2D eigenvalue weighted by Crippen LogP contribution is 2.10. The van der Waals surface area contributed by atoms with Gasteiger partial charge in [0.25, 0.3) is 0 Å². The number of thioether (sulfide) groups is 1. The number of nitrogens with one attached hydrogen (secondary N) is 1. The Morgan fingerprint density at radius 1 is 1.36 bits per heavy atom. The van der Waals surface area contributed by atoms with Crippen LogP contribution in [0.3, 0.4) is 0 Å². The molecule has 3 heteroatoms. The molecule has 1 amide bonds. The molecule has 0 aliphatic rings. The van der Waals surface area contributed by atoms with Crippen molar-refractivity contribution in [2.75, 3.05) is 11.6 Å². The Morgan fingerprint density at radius 2 is 2.00 bits per heavy atom. The van der Waals surface area contributed by atoms with E-state index in [0.29, 0.717) is 0 Å². The zero-order valence-corrected chi connectivity index (χ0v) is 9.10. The number of carbonyl (C=O) groups is 1. The Morgan fingerprint density at radius 3 is 2.57 bits per heavy atom. The van der Waals surface area contributed by atoms with Crippen LogP contribution in [0.15, 0.2) is 41.3 Å². The summed E-state index contributed by atoms with van der Waals surface area (Å²) < 4.78 is 0. The average molecular weight is 207 g/mol. The first-order chi connectivity index (χ1) is 6.72. The highest BCUT2D eigenvalue weighted by Gasteiger charge is 1.97. The molecule has 0 spiro atoms. The second-order valence-electron chi connectivity index (χ2n) is 2.81. The van der Waals surface area contributed by atoms with E-state index in [4.69, 9.17) is 0 Å². The third-order valence-electron chi connectivity index (χ3n) is 1.70. The van der Waals surface area contributed by atoms with Crippen LogP contribution < -0.4 is 5.32 Å². The van der Waals surface area contributed by atoms with Crippen molar-refractivity contribution < 1.29 is 4.79 Å². The molecule has 1 rings (SSSR count). The molecular formula is C11H13NOS. The van der Waals surface area contributed by atoms with E-state index >= 15 is 0 Å². The van der Waals surface area contributed by atoms with Gasteiger partial charge in [0, 0.05) is 11.8 Å². The van der Waals surface area contributed by atoms with Crippen molar-refractivity contribution in [3.8, 4) is 0 Å². The molecule has 0 bridgehead atoms. The van der Waals surface area contributed by atoms with Crippen LogP contribution in [0.4, 0.5) is 5.69 Å². The summed E-state index contributed by atoms with van der Waals surface area (Å²) in [6.45, 7) is 1.91. The van der Waals surface area contributed by atoms with E-state index in [1.807, 2.05) is 43.5 Å². The standard InChI is InChI=1S/C11H13NOS/c1-9(14-2)8-11(13)12-10-6-4-3-5-7-10/h3-8H,1-2H3,(H,12,13)/b9-8-. The molecule has 0 heterocycles. The number of allylic oxidation sites excluding steroid dienone is 1. The van der Waals surface area contributed by atoms with Crippen LogP contribution in [0.25, 0.3) is 0 Å². The molecule has 0 fully saturated rings. The zero-order chi connectivity index (χ0) is 10.4. The van der Waals surface area contributed by atoms with Gasteiger partial charge in [0.15, 0.2) is 0 Å². The zero-order valence-electron chi connectivity index (χ0n) is 8.28. The fourth-order valence-electron chi connectivity index (χ4n) is 0.943. The minimum Gasteiger partial charge on any atom is -0.322 e. The fourth-order valence-corrected chi connectivity index (χ4v) is 1.17. The monoisotopic (exact) mass is 207 g/mol. The summed E-state index contributed by atoms with van der Waals surface area (Å²) in [5.41, 5.74) is 0.822. The average Bonchev–Trinajstić information content (AvgIpc) is 2.19. The van der Waals surface area contributed by atoms with Gasteiger partial charge in [-0.25, -0.2) is 0 Å². The molecule has 0 aromatic heterocycles. The quantitative estimate of drug-likeness (QED) is 0.772. The summed E-state index contributed by atoms with van der Waals surface area (Å²) in [4.78, 5) is 12.4. The summed E-state index contributed by atoms with van der Waals surface area (Å²) in [6, 6.07) is 9.42. The molecule has 74 valence electrons. The first kappa shape index (κ1) is 10.9. The number of carbonyl (C=O) groups excluding carboxylic acids is 1. The van der Waals surface area contributed by atoms with Crippen LogP contribution in [0.5, 0.6) is 0 Å². The number of hydrogen-bond donors (Lipinski definition) is 1. The van der Waals surface area contributed by atoms with Crippen LogP contribution in [0.1, 0.15) is 6.92 Å². The molecule has 0 atom stereocenters. The minimum absolute atomic E-state index is 0.0805. The van der Waals surface area contributed by atoms with Gasteiger partial charge in [-0.05, 0) is 30.2 Å². The predicted molar refractivity (Wildman–Crippen MR) is 62.3 cm³/mol. The summed E-state index contributed by atoms with van der Waals surface area (Å²) in [7, 11) is 0. The van der Waals surface area contributed by atoms with E-state index < -0.39 is 0 Å². The highest BCUT2D eigenvalue weighted by molar-refractivity contribution is 8.02. The molecule has 1 aromatic carbocycles. The largest absolute Gasteiger partial charge is 0.322 e. The molecular weight excluding hydrogens is 194 g/mol. The molecule has 0 saturated heterocycles. The van der Waals surface area contributed by atoms with E-state index in [2.05, 4.69) is 5.32 Å². The lowest BCUT2D eigenvalue weighted by atomic mass is 10.3. The van der Waals surface area contributed by atoms with E-state index in [1.54, 1.807) is 17.8 Å². The second kappa shape index (κ2) is 5.50. The smallest absolute Gasteiger partial charge is 0.249 e. The number of para-hydroxylation sites is 1. The molecule has 1 aromatic rings. The van der Waals surface area contributed by atoms with Crippen molar-refractivity contribution in [2.24, 2.45) is 0 Å². The number of amides is 1. The first-order valence-corrected chi connectivity index (χ1v) is 5.53. The maximum absolute atomic E-state index is 11.4. The lowest BCUT2D eigenvalue weighted by Gasteiger charge is -2.01. The van der Waals surface area contributed by atoms with E-state index in [9.17, 15) is 4.79 Å². The molecule has 0 aliphatic carbocycles.